The molecule has 2 heteroatoms. The van der Waals surface area contributed by atoms with E-state index in [1.807, 2.05) is 0 Å². The lowest BCUT2D eigenvalue weighted by atomic mass is 9.26. The standard InChI is InChI=1S/C52H49NO/c1-49(2)24-25-50(3,4)43-28-35(18-22-40(43)49)33-16-19-37(20-17-33)53(44-14-9-11-34-10-5-6-12-39(34)44)38-21-23-42-46(30-38)54-45-15-8-7-13-41(45)52(42)47-27-32-26-36-29-48(52)51(36,47)31-32/h5-23,28,30,32,36,47-48H,24-27,29,31H2,1-4H3. The van der Waals surface area contributed by atoms with E-state index in [4.69, 9.17) is 4.74 Å². The third kappa shape index (κ3) is 3.87. The molecule has 4 fully saturated rings. The molecule has 1 heterocycles. The van der Waals surface area contributed by atoms with Crippen molar-refractivity contribution in [3.05, 3.63) is 150 Å². The summed E-state index contributed by atoms with van der Waals surface area (Å²) in [4.78, 5) is 2.46. The fraction of sp³-hybridized carbons (Fsp3) is 0.346. The van der Waals surface area contributed by atoms with Gasteiger partial charge < -0.3 is 9.64 Å². The predicted molar refractivity (Wildman–Crippen MR) is 222 cm³/mol. The fourth-order valence-corrected chi connectivity index (χ4v) is 13.6. The van der Waals surface area contributed by atoms with Crippen molar-refractivity contribution in [3.63, 3.8) is 0 Å². The van der Waals surface area contributed by atoms with Gasteiger partial charge in [-0.15, -0.1) is 0 Å². The average molecular weight is 704 g/mol. The zero-order valence-electron chi connectivity index (χ0n) is 32.0. The van der Waals surface area contributed by atoms with Crippen LogP contribution in [0.5, 0.6) is 11.5 Å². The Morgan fingerprint density at radius 3 is 2.09 bits per heavy atom. The maximum Gasteiger partial charge on any atom is 0.133 e. The Morgan fingerprint density at radius 1 is 0.556 bits per heavy atom. The number of benzene rings is 6. The minimum absolute atomic E-state index is 0.0823. The van der Waals surface area contributed by atoms with Crippen molar-refractivity contribution in [1.82, 2.24) is 0 Å². The molecule has 6 aliphatic rings. The number of rotatable bonds is 4. The van der Waals surface area contributed by atoms with E-state index in [0.29, 0.717) is 5.41 Å². The second kappa shape index (κ2) is 10.5. The molecule has 0 N–H and O–H groups in total. The Hall–Kier alpha value is -4.82. The van der Waals surface area contributed by atoms with Gasteiger partial charge in [-0.1, -0.05) is 119 Å². The molecule has 6 unspecified atom stereocenters. The molecular formula is C52H49NO. The van der Waals surface area contributed by atoms with E-state index < -0.39 is 0 Å². The predicted octanol–water partition coefficient (Wildman–Crippen LogP) is 13.8. The van der Waals surface area contributed by atoms with Gasteiger partial charge in [-0.3, -0.25) is 0 Å². The summed E-state index contributed by atoms with van der Waals surface area (Å²) in [5, 5.41) is 2.49. The summed E-state index contributed by atoms with van der Waals surface area (Å²) in [5.74, 6) is 5.48. The molecule has 0 saturated heterocycles. The Labute approximate surface area is 320 Å². The molecule has 2 bridgehead atoms. The summed E-state index contributed by atoms with van der Waals surface area (Å²) in [6.45, 7) is 9.65. The minimum Gasteiger partial charge on any atom is -0.457 e. The molecule has 0 amide bonds. The van der Waals surface area contributed by atoms with Gasteiger partial charge in [0.05, 0.1) is 5.69 Å². The van der Waals surface area contributed by atoms with Crippen molar-refractivity contribution in [3.8, 4) is 22.6 Å². The Kier molecular flexibility index (Phi) is 6.12. The van der Waals surface area contributed by atoms with Gasteiger partial charge in [-0.05, 0) is 136 Å². The molecule has 5 aliphatic carbocycles. The van der Waals surface area contributed by atoms with Crippen molar-refractivity contribution in [2.75, 3.05) is 4.90 Å². The average Bonchev–Trinajstić information content (AvgIpc) is 3.72. The molecule has 12 rings (SSSR count). The van der Waals surface area contributed by atoms with Crippen molar-refractivity contribution in [1.29, 1.82) is 0 Å². The maximum atomic E-state index is 6.98. The highest BCUT2D eigenvalue weighted by atomic mass is 16.5. The highest BCUT2D eigenvalue weighted by Crippen LogP contribution is 2.89. The number of anilines is 3. The van der Waals surface area contributed by atoms with Crippen LogP contribution in [-0.2, 0) is 16.2 Å². The molecule has 0 radical (unpaired) electrons. The first-order chi connectivity index (χ1) is 26.2. The normalized spacial score (nSPS) is 29.6. The third-order valence-electron chi connectivity index (χ3n) is 16.0. The molecule has 54 heavy (non-hydrogen) atoms. The monoisotopic (exact) mass is 703 g/mol. The van der Waals surface area contributed by atoms with Crippen LogP contribution < -0.4 is 9.64 Å². The second-order valence-electron chi connectivity index (χ2n) is 19.2. The summed E-state index contributed by atoms with van der Waals surface area (Å²) < 4.78 is 6.98. The summed E-state index contributed by atoms with van der Waals surface area (Å²) in [6.07, 6.45) is 8.17. The van der Waals surface area contributed by atoms with Gasteiger partial charge >= 0.3 is 0 Å². The summed E-state index contributed by atoms with van der Waals surface area (Å²) in [6, 6.07) is 48.3. The van der Waals surface area contributed by atoms with Gasteiger partial charge in [0.25, 0.3) is 0 Å². The molecule has 2 spiro atoms. The minimum atomic E-state index is 0.0823. The first kappa shape index (κ1) is 31.5. The lowest BCUT2D eigenvalue weighted by Crippen LogP contribution is -2.74. The summed E-state index contributed by atoms with van der Waals surface area (Å²) in [5.41, 5.74) is 13.0. The quantitative estimate of drug-likeness (QED) is 0.181. The zero-order valence-corrected chi connectivity index (χ0v) is 32.0. The zero-order chi connectivity index (χ0) is 36.2. The fourth-order valence-electron chi connectivity index (χ4n) is 13.6. The van der Waals surface area contributed by atoms with E-state index in [9.17, 15) is 0 Å². The van der Waals surface area contributed by atoms with Crippen LogP contribution in [-0.4, -0.2) is 0 Å². The largest absolute Gasteiger partial charge is 0.457 e. The molecule has 268 valence electrons. The Morgan fingerprint density at radius 2 is 1.24 bits per heavy atom. The number of ether oxygens (including phenoxy) is 1. The first-order valence-electron chi connectivity index (χ1n) is 20.6. The van der Waals surface area contributed by atoms with E-state index in [0.717, 1.165) is 46.5 Å². The van der Waals surface area contributed by atoms with Crippen LogP contribution in [0.1, 0.15) is 88.5 Å². The van der Waals surface area contributed by atoms with Gasteiger partial charge in [0.1, 0.15) is 11.5 Å². The number of para-hydroxylation sites is 1. The maximum absolute atomic E-state index is 6.98. The van der Waals surface area contributed by atoms with E-state index in [2.05, 4.69) is 160 Å². The number of hydrogen-bond acceptors (Lipinski definition) is 2. The van der Waals surface area contributed by atoms with Crippen LogP contribution >= 0.6 is 0 Å². The van der Waals surface area contributed by atoms with Crippen LogP contribution in [0.4, 0.5) is 17.1 Å². The smallest absolute Gasteiger partial charge is 0.133 e. The molecule has 2 nitrogen and oxygen atoms in total. The van der Waals surface area contributed by atoms with Gasteiger partial charge in [-0.2, -0.15) is 0 Å². The van der Waals surface area contributed by atoms with E-state index >= 15 is 0 Å². The molecule has 6 aromatic carbocycles. The Bertz CT molecular complexity index is 2540. The first-order valence-corrected chi connectivity index (χ1v) is 20.6. The summed E-state index contributed by atoms with van der Waals surface area (Å²) in [7, 11) is 0. The van der Waals surface area contributed by atoms with Crippen LogP contribution in [0.2, 0.25) is 0 Å². The molecule has 6 atom stereocenters. The van der Waals surface area contributed by atoms with Crippen molar-refractivity contribution in [2.24, 2.45) is 29.1 Å². The van der Waals surface area contributed by atoms with Crippen molar-refractivity contribution < 1.29 is 4.74 Å². The lowest BCUT2D eigenvalue weighted by molar-refractivity contribution is -0.235. The number of hydrogen-bond donors (Lipinski definition) is 0. The second-order valence-corrected chi connectivity index (χ2v) is 19.2. The van der Waals surface area contributed by atoms with Crippen LogP contribution in [0, 0.1) is 29.1 Å². The third-order valence-corrected chi connectivity index (χ3v) is 16.0. The van der Waals surface area contributed by atoms with Crippen LogP contribution in [0.15, 0.2) is 127 Å². The highest BCUT2D eigenvalue weighted by Gasteiger charge is 2.84. The van der Waals surface area contributed by atoms with E-state index in [1.54, 1.807) is 0 Å². The van der Waals surface area contributed by atoms with Crippen molar-refractivity contribution in [2.45, 2.75) is 82.5 Å². The van der Waals surface area contributed by atoms with Gasteiger partial charge in [0.2, 0.25) is 0 Å². The van der Waals surface area contributed by atoms with Crippen LogP contribution in [0.25, 0.3) is 21.9 Å². The van der Waals surface area contributed by atoms with Gasteiger partial charge in [0, 0.05) is 39.4 Å². The van der Waals surface area contributed by atoms with E-state index in [-0.39, 0.29) is 16.2 Å². The molecule has 4 saturated carbocycles. The molecular weight excluding hydrogens is 655 g/mol. The Balaban J connectivity index is 0.989. The number of fused-ring (bicyclic) bond motifs is 9. The number of nitrogens with zero attached hydrogens (tertiary/aromatic N) is 1. The highest BCUT2D eigenvalue weighted by molar-refractivity contribution is 5.99. The SMILES string of the molecule is CC1(C)CCC(C)(C)c2cc(-c3ccc(N(c4ccc5c(c4)Oc4ccccc4C54C5CC6CC7CC4C75C6)c4cccc5ccccc45)cc3)ccc21. The molecule has 6 aromatic rings. The topological polar surface area (TPSA) is 12.5 Å². The summed E-state index contributed by atoms with van der Waals surface area (Å²) >= 11 is 0. The lowest BCUT2D eigenvalue weighted by Gasteiger charge is -2.77. The molecule has 0 aromatic heterocycles. The van der Waals surface area contributed by atoms with Crippen LogP contribution in [0.3, 0.4) is 0 Å². The van der Waals surface area contributed by atoms with Gasteiger partial charge in [-0.25, -0.2) is 0 Å². The van der Waals surface area contributed by atoms with Crippen molar-refractivity contribution >= 4 is 27.8 Å². The van der Waals surface area contributed by atoms with Gasteiger partial charge in [0.15, 0.2) is 0 Å². The van der Waals surface area contributed by atoms with E-state index in [1.165, 1.54) is 88.4 Å². The molecule has 1 aliphatic heterocycles.